The normalized spacial score (nSPS) is 22.9. The fourth-order valence-corrected chi connectivity index (χ4v) is 18.7. The smallest absolute Gasteiger partial charge is 0.164 e. The molecule has 1 aliphatic heterocycles. The van der Waals surface area contributed by atoms with Gasteiger partial charge < -0.3 is 0 Å². The molecule has 6 aliphatic carbocycles. The second-order valence-corrected chi connectivity index (χ2v) is 27.1. The van der Waals surface area contributed by atoms with Gasteiger partial charge in [0.2, 0.25) is 0 Å². The molecule has 16 rings (SSSR count). The number of hydrogen-bond acceptors (Lipinski definition) is 3. The van der Waals surface area contributed by atoms with Crippen LogP contribution in [0.4, 0.5) is 0 Å². The number of fused-ring (bicyclic) bond motifs is 9. The zero-order chi connectivity index (χ0) is 46.7. The van der Waals surface area contributed by atoms with Crippen LogP contribution in [-0.2, 0) is 10.8 Å². The van der Waals surface area contributed by atoms with E-state index in [0.29, 0.717) is 23.5 Å². The molecule has 1 aromatic heterocycles. The van der Waals surface area contributed by atoms with E-state index in [1.807, 2.05) is 0 Å². The van der Waals surface area contributed by atoms with Crippen molar-refractivity contribution in [3.8, 4) is 89.8 Å². The third kappa shape index (κ3) is 5.60. The fourth-order valence-electron chi connectivity index (χ4n) is 15.6. The topological polar surface area (TPSA) is 38.7 Å². The largest absolute Gasteiger partial charge is 0.208 e. The van der Waals surface area contributed by atoms with Gasteiger partial charge in [-0.3, -0.25) is 0 Å². The molecule has 0 N–H and O–H groups in total. The third-order valence-corrected chi connectivity index (χ3v) is 22.1. The molecule has 4 saturated carbocycles. The summed E-state index contributed by atoms with van der Waals surface area (Å²) in [4.78, 5) is 16.0. The van der Waals surface area contributed by atoms with E-state index in [1.165, 1.54) is 104 Å². The van der Waals surface area contributed by atoms with E-state index < -0.39 is 8.07 Å². The van der Waals surface area contributed by atoms with Crippen LogP contribution in [-0.4, -0.2) is 23.0 Å². The number of nitrogens with zero attached hydrogens (tertiary/aromatic N) is 3. The summed E-state index contributed by atoms with van der Waals surface area (Å²) >= 11 is 0. The first-order valence-corrected chi connectivity index (χ1v) is 28.8. The quantitative estimate of drug-likeness (QED) is 0.162. The molecule has 9 aromatic rings. The van der Waals surface area contributed by atoms with Gasteiger partial charge in [0.1, 0.15) is 8.07 Å². The first-order chi connectivity index (χ1) is 34.1. The minimum Gasteiger partial charge on any atom is -0.208 e. The van der Waals surface area contributed by atoms with Crippen LogP contribution >= 0.6 is 0 Å². The Kier molecular flexibility index (Phi) is 8.47. The summed E-state index contributed by atoms with van der Waals surface area (Å²) in [5, 5.41) is 3.13. The standard InChI is InChI=1S/C66H55N3Si/c1-65(2)55-18-10-8-15-50(55)54-36-44(27-30-56(54)65)41-21-23-43(24-22-41)63-67-62(42-13-6-5-7-14-42)68-64(69-63)46-26-29-53-58(37-46)66(47-32-39-31-40(34-47)35-48(66)33-39)57-19-12-17-49(61(53)57)45-25-28-52-51-16-9-11-20-59(51)70(3,4)60(52)38-45/h5-30,36-40,47-48H,31-35H2,1-4H3. The molecular weight excluding hydrogens is 863 g/mol. The lowest BCUT2D eigenvalue weighted by molar-refractivity contribution is -0.0399. The van der Waals surface area contributed by atoms with Crippen LogP contribution in [0.1, 0.15) is 68.2 Å². The Balaban J connectivity index is 0.862. The van der Waals surface area contributed by atoms with Crippen LogP contribution in [0.3, 0.4) is 0 Å². The minimum absolute atomic E-state index is 0.0155. The lowest BCUT2D eigenvalue weighted by atomic mass is 9.43. The molecule has 0 amide bonds. The lowest BCUT2D eigenvalue weighted by Crippen LogP contribution is -2.55. The summed E-state index contributed by atoms with van der Waals surface area (Å²) in [5.41, 5.74) is 22.4. The molecule has 338 valence electrons. The molecule has 2 heterocycles. The monoisotopic (exact) mass is 917 g/mol. The summed E-state index contributed by atoms with van der Waals surface area (Å²) in [6.45, 7) is 9.76. The Labute approximate surface area is 412 Å². The average Bonchev–Trinajstić information content (AvgIpc) is 3.92. The van der Waals surface area contributed by atoms with Crippen LogP contribution in [0.2, 0.25) is 13.1 Å². The number of benzene rings is 8. The number of rotatable bonds is 5. The Morgan fingerprint density at radius 3 is 1.67 bits per heavy atom. The molecule has 4 bridgehead atoms. The Bertz CT molecular complexity index is 3650. The van der Waals surface area contributed by atoms with Gasteiger partial charge in [0.25, 0.3) is 0 Å². The SMILES string of the molecule is CC1(C)c2ccccc2-c2cc(-c3ccc(-c4nc(-c5ccccc5)nc(-c5ccc6c(c5)C5(c7cccc(-c8ccc9c(c8)[Si](C)(C)c8ccccc8-9)c7-6)C6CC7CC(C6)CC5C7)n4)cc3)ccc21. The molecule has 0 atom stereocenters. The van der Waals surface area contributed by atoms with Gasteiger partial charge in [-0.2, -0.15) is 0 Å². The molecule has 4 fully saturated rings. The molecule has 3 nitrogen and oxygen atoms in total. The molecule has 0 saturated heterocycles. The maximum atomic E-state index is 5.40. The van der Waals surface area contributed by atoms with E-state index in [1.54, 1.807) is 15.9 Å². The summed E-state index contributed by atoms with van der Waals surface area (Å²) in [7, 11) is -1.86. The van der Waals surface area contributed by atoms with Crippen molar-refractivity contribution in [3.63, 3.8) is 0 Å². The van der Waals surface area contributed by atoms with Crippen LogP contribution in [0.5, 0.6) is 0 Å². The van der Waals surface area contributed by atoms with Crippen LogP contribution in [0.15, 0.2) is 176 Å². The molecule has 70 heavy (non-hydrogen) atoms. The van der Waals surface area contributed by atoms with E-state index in [0.717, 1.165) is 34.4 Å². The Morgan fingerprint density at radius 2 is 0.914 bits per heavy atom. The highest BCUT2D eigenvalue weighted by molar-refractivity contribution is 7.03. The van der Waals surface area contributed by atoms with E-state index in [-0.39, 0.29) is 10.8 Å². The maximum absolute atomic E-state index is 5.40. The van der Waals surface area contributed by atoms with Gasteiger partial charge in [-0.15, -0.1) is 0 Å². The van der Waals surface area contributed by atoms with E-state index in [2.05, 4.69) is 203 Å². The zero-order valence-corrected chi connectivity index (χ0v) is 41.4. The summed E-state index contributed by atoms with van der Waals surface area (Å²) in [5.74, 6) is 5.11. The average molecular weight is 918 g/mol. The summed E-state index contributed by atoms with van der Waals surface area (Å²) in [6.07, 6.45) is 6.75. The maximum Gasteiger partial charge on any atom is 0.164 e. The van der Waals surface area contributed by atoms with Gasteiger partial charge in [-0.25, -0.2) is 15.0 Å². The lowest BCUT2D eigenvalue weighted by Gasteiger charge is -2.61. The van der Waals surface area contributed by atoms with E-state index >= 15 is 0 Å². The van der Waals surface area contributed by atoms with Crippen molar-refractivity contribution >= 4 is 18.4 Å². The predicted octanol–water partition coefficient (Wildman–Crippen LogP) is 15.0. The third-order valence-electron chi connectivity index (χ3n) is 18.6. The highest BCUT2D eigenvalue weighted by Gasteiger charge is 2.62. The van der Waals surface area contributed by atoms with Crippen molar-refractivity contribution in [3.05, 3.63) is 198 Å². The van der Waals surface area contributed by atoms with Crippen molar-refractivity contribution in [1.82, 2.24) is 15.0 Å². The molecular formula is C66H55N3Si. The summed E-state index contributed by atoms with van der Waals surface area (Å²) in [6, 6.07) is 66.4. The molecule has 4 heteroatoms. The Hall–Kier alpha value is -7.01. The highest BCUT2D eigenvalue weighted by Crippen LogP contribution is 2.70. The van der Waals surface area contributed by atoms with Crippen molar-refractivity contribution in [2.24, 2.45) is 23.7 Å². The van der Waals surface area contributed by atoms with E-state index in [4.69, 9.17) is 15.0 Å². The van der Waals surface area contributed by atoms with Gasteiger partial charge in [0.05, 0.1) is 0 Å². The first-order valence-electron chi connectivity index (χ1n) is 25.8. The first kappa shape index (κ1) is 40.8. The predicted molar refractivity (Wildman–Crippen MR) is 290 cm³/mol. The van der Waals surface area contributed by atoms with Crippen LogP contribution < -0.4 is 10.4 Å². The number of hydrogen-bond donors (Lipinski definition) is 0. The highest BCUT2D eigenvalue weighted by atomic mass is 28.3. The van der Waals surface area contributed by atoms with Gasteiger partial charge in [0, 0.05) is 27.5 Å². The summed E-state index contributed by atoms with van der Waals surface area (Å²) < 4.78 is 0. The van der Waals surface area contributed by atoms with Crippen molar-refractivity contribution in [1.29, 1.82) is 0 Å². The van der Waals surface area contributed by atoms with Gasteiger partial charge in [0.15, 0.2) is 17.5 Å². The molecule has 0 unspecified atom stereocenters. The van der Waals surface area contributed by atoms with Crippen molar-refractivity contribution in [2.45, 2.75) is 69.9 Å². The molecule has 8 aromatic carbocycles. The molecule has 0 radical (unpaired) electrons. The Morgan fingerprint density at radius 1 is 0.371 bits per heavy atom. The van der Waals surface area contributed by atoms with Crippen molar-refractivity contribution < 1.29 is 0 Å². The second kappa shape index (κ2) is 14.5. The van der Waals surface area contributed by atoms with Gasteiger partial charge in [-0.1, -0.05) is 191 Å². The van der Waals surface area contributed by atoms with Gasteiger partial charge in [-0.05, 0) is 156 Å². The second-order valence-electron chi connectivity index (χ2n) is 22.8. The fraction of sp³-hybridized carbons (Fsp3) is 0.227. The van der Waals surface area contributed by atoms with Crippen LogP contribution in [0.25, 0.3) is 89.8 Å². The van der Waals surface area contributed by atoms with Crippen LogP contribution in [0, 0.1) is 23.7 Å². The van der Waals surface area contributed by atoms with Crippen molar-refractivity contribution in [2.75, 3.05) is 0 Å². The minimum atomic E-state index is -1.86. The van der Waals surface area contributed by atoms with Gasteiger partial charge >= 0.3 is 0 Å². The zero-order valence-electron chi connectivity index (χ0n) is 40.4. The molecule has 1 spiro atoms. The molecule has 7 aliphatic rings. The van der Waals surface area contributed by atoms with E-state index in [9.17, 15) is 0 Å². The number of aromatic nitrogens is 3.